The van der Waals surface area contributed by atoms with Crippen molar-refractivity contribution in [2.24, 2.45) is 0 Å². The molecule has 0 aliphatic rings. The maximum atomic E-state index is 11.6. The Bertz CT molecular complexity index is 472. The van der Waals surface area contributed by atoms with E-state index < -0.39 is 11.7 Å². The van der Waals surface area contributed by atoms with Crippen LogP contribution in [0.1, 0.15) is 39.8 Å². The van der Waals surface area contributed by atoms with E-state index in [0.29, 0.717) is 19.0 Å². The molecule has 0 saturated heterocycles. The summed E-state index contributed by atoms with van der Waals surface area (Å²) in [4.78, 5) is 16.0. The van der Waals surface area contributed by atoms with Crippen LogP contribution in [0.15, 0.2) is 18.2 Å². The van der Waals surface area contributed by atoms with E-state index in [4.69, 9.17) is 9.47 Å². The first-order chi connectivity index (χ1) is 10.3. The van der Waals surface area contributed by atoms with Gasteiger partial charge in [0.1, 0.15) is 5.60 Å². The molecule has 1 aromatic rings. The van der Waals surface area contributed by atoms with Crippen LogP contribution < -0.4 is 15.4 Å². The lowest BCUT2D eigenvalue weighted by Gasteiger charge is -2.22. The summed E-state index contributed by atoms with van der Waals surface area (Å²) in [5.41, 5.74) is 0.416. The molecule has 0 aliphatic heterocycles. The van der Waals surface area contributed by atoms with E-state index in [1.54, 1.807) is 7.11 Å². The van der Waals surface area contributed by atoms with Crippen molar-refractivity contribution in [3.05, 3.63) is 23.9 Å². The molecule has 0 radical (unpaired) electrons. The zero-order chi connectivity index (χ0) is 16.6. The van der Waals surface area contributed by atoms with Crippen molar-refractivity contribution in [1.82, 2.24) is 15.6 Å². The fraction of sp³-hybridized carbons (Fsp3) is 0.625. The van der Waals surface area contributed by atoms with Crippen LogP contribution in [0.25, 0.3) is 0 Å². The van der Waals surface area contributed by atoms with Crippen LogP contribution in [-0.4, -0.2) is 36.4 Å². The first-order valence-corrected chi connectivity index (χ1v) is 7.54. The number of ether oxygens (including phenoxy) is 2. The summed E-state index contributed by atoms with van der Waals surface area (Å²) in [6.45, 7) is 8.72. The third kappa shape index (κ3) is 7.26. The number of pyridine rings is 1. The molecule has 0 spiro atoms. The average molecular weight is 309 g/mol. The van der Waals surface area contributed by atoms with E-state index >= 15 is 0 Å². The van der Waals surface area contributed by atoms with Crippen molar-refractivity contribution >= 4 is 6.09 Å². The summed E-state index contributed by atoms with van der Waals surface area (Å²) in [6, 6.07) is 5.80. The smallest absolute Gasteiger partial charge is 0.407 e. The van der Waals surface area contributed by atoms with Gasteiger partial charge in [-0.3, -0.25) is 0 Å². The number of hydrogen-bond acceptors (Lipinski definition) is 5. The fourth-order valence-corrected chi connectivity index (χ4v) is 1.80. The van der Waals surface area contributed by atoms with Crippen molar-refractivity contribution in [3.8, 4) is 5.88 Å². The predicted molar refractivity (Wildman–Crippen MR) is 85.9 cm³/mol. The molecule has 2 N–H and O–H groups in total. The Kier molecular flexibility index (Phi) is 7.11. The Morgan fingerprint density at radius 3 is 2.68 bits per heavy atom. The summed E-state index contributed by atoms with van der Waals surface area (Å²) < 4.78 is 10.3. The van der Waals surface area contributed by atoms with Gasteiger partial charge in [-0.25, -0.2) is 9.78 Å². The van der Waals surface area contributed by atoms with Gasteiger partial charge in [-0.15, -0.1) is 0 Å². The summed E-state index contributed by atoms with van der Waals surface area (Å²) >= 11 is 0. The number of amides is 1. The van der Waals surface area contributed by atoms with Crippen LogP contribution in [0.3, 0.4) is 0 Å². The van der Waals surface area contributed by atoms with E-state index in [9.17, 15) is 4.79 Å². The first-order valence-electron chi connectivity index (χ1n) is 7.54. The number of carbonyl (C=O) groups excluding carboxylic acids is 1. The van der Waals surface area contributed by atoms with Gasteiger partial charge in [-0.05, 0) is 33.3 Å². The molecule has 0 bridgehead atoms. The Morgan fingerprint density at radius 1 is 1.36 bits per heavy atom. The van der Waals surface area contributed by atoms with Crippen molar-refractivity contribution in [3.63, 3.8) is 0 Å². The van der Waals surface area contributed by atoms with Gasteiger partial charge in [0.15, 0.2) is 0 Å². The maximum absolute atomic E-state index is 11.6. The molecular formula is C16H27N3O3. The molecule has 124 valence electrons. The van der Waals surface area contributed by atoms with Crippen LogP contribution in [0.2, 0.25) is 0 Å². The molecule has 1 atom stereocenters. The molecule has 22 heavy (non-hydrogen) atoms. The highest BCUT2D eigenvalue weighted by Crippen LogP contribution is 2.08. The summed E-state index contributed by atoms with van der Waals surface area (Å²) in [7, 11) is 1.60. The van der Waals surface area contributed by atoms with Crippen molar-refractivity contribution in [2.45, 2.75) is 52.3 Å². The van der Waals surface area contributed by atoms with Gasteiger partial charge in [0.05, 0.1) is 12.8 Å². The molecule has 0 fully saturated rings. The quantitative estimate of drug-likeness (QED) is 0.809. The fourth-order valence-electron chi connectivity index (χ4n) is 1.80. The number of aromatic nitrogens is 1. The van der Waals surface area contributed by atoms with Gasteiger partial charge in [0, 0.05) is 25.2 Å². The molecule has 1 rings (SSSR count). The first kappa shape index (κ1) is 18.2. The Balaban J connectivity index is 2.40. The third-order valence-corrected chi connectivity index (χ3v) is 2.95. The molecule has 1 heterocycles. The number of nitrogens with zero attached hydrogens (tertiary/aromatic N) is 1. The van der Waals surface area contributed by atoms with Gasteiger partial charge in [-0.1, -0.05) is 13.0 Å². The lowest BCUT2D eigenvalue weighted by atomic mass is 10.2. The lowest BCUT2D eigenvalue weighted by molar-refractivity contribution is 0.0522. The zero-order valence-electron chi connectivity index (χ0n) is 14.1. The second-order valence-electron chi connectivity index (χ2n) is 6.04. The highest BCUT2D eigenvalue weighted by molar-refractivity contribution is 5.67. The summed E-state index contributed by atoms with van der Waals surface area (Å²) in [5, 5.41) is 6.15. The number of nitrogens with one attached hydrogen (secondary N) is 2. The number of alkyl carbamates (subject to hydrolysis) is 1. The molecule has 0 aromatic carbocycles. The van der Waals surface area contributed by atoms with Gasteiger partial charge >= 0.3 is 6.09 Å². The predicted octanol–water partition coefficient (Wildman–Crippen LogP) is 2.48. The van der Waals surface area contributed by atoms with Crippen molar-refractivity contribution in [2.75, 3.05) is 13.7 Å². The minimum atomic E-state index is -0.482. The molecule has 1 amide bonds. The molecule has 0 aliphatic carbocycles. The van der Waals surface area contributed by atoms with E-state index in [2.05, 4.69) is 22.5 Å². The van der Waals surface area contributed by atoms with Crippen LogP contribution >= 0.6 is 0 Å². The largest absolute Gasteiger partial charge is 0.481 e. The lowest BCUT2D eigenvalue weighted by Crippen LogP contribution is -2.42. The molecule has 1 unspecified atom stereocenters. The molecule has 1 aromatic heterocycles. The van der Waals surface area contributed by atoms with Gasteiger partial charge in [-0.2, -0.15) is 0 Å². The average Bonchev–Trinajstić information content (AvgIpc) is 2.46. The molecule has 6 nitrogen and oxygen atoms in total. The topological polar surface area (TPSA) is 72.5 Å². The van der Waals surface area contributed by atoms with Crippen LogP contribution in [0.4, 0.5) is 4.79 Å². The number of carbonyl (C=O) groups is 1. The van der Waals surface area contributed by atoms with E-state index in [-0.39, 0.29) is 6.04 Å². The van der Waals surface area contributed by atoms with Crippen molar-refractivity contribution in [1.29, 1.82) is 0 Å². The SMILES string of the molecule is CCC(CNC(=O)OC(C)(C)C)NCc1cccc(OC)n1. The van der Waals surface area contributed by atoms with Gasteiger partial charge in [0.2, 0.25) is 5.88 Å². The Morgan fingerprint density at radius 2 is 2.09 bits per heavy atom. The van der Waals surface area contributed by atoms with Gasteiger partial charge < -0.3 is 20.1 Å². The van der Waals surface area contributed by atoms with Crippen LogP contribution in [0.5, 0.6) is 5.88 Å². The van der Waals surface area contributed by atoms with E-state index in [1.807, 2.05) is 39.0 Å². The van der Waals surface area contributed by atoms with Crippen LogP contribution in [0, 0.1) is 0 Å². The highest BCUT2D eigenvalue weighted by atomic mass is 16.6. The monoisotopic (exact) mass is 309 g/mol. The number of hydrogen-bond donors (Lipinski definition) is 2. The maximum Gasteiger partial charge on any atom is 0.407 e. The normalized spacial score (nSPS) is 12.6. The Hall–Kier alpha value is -1.82. The van der Waals surface area contributed by atoms with E-state index in [0.717, 1.165) is 12.1 Å². The second-order valence-corrected chi connectivity index (χ2v) is 6.04. The minimum absolute atomic E-state index is 0.153. The number of rotatable bonds is 7. The van der Waals surface area contributed by atoms with Crippen LogP contribution in [-0.2, 0) is 11.3 Å². The number of methoxy groups -OCH3 is 1. The Labute approximate surface area is 132 Å². The van der Waals surface area contributed by atoms with Gasteiger partial charge in [0.25, 0.3) is 0 Å². The minimum Gasteiger partial charge on any atom is -0.481 e. The molecule has 0 saturated carbocycles. The summed E-state index contributed by atoms with van der Waals surface area (Å²) in [5.74, 6) is 0.597. The standard InChI is InChI=1S/C16H27N3O3/c1-6-12(10-18-15(20)22-16(2,3)4)17-11-13-8-7-9-14(19-13)21-5/h7-9,12,17H,6,10-11H2,1-5H3,(H,18,20). The van der Waals surface area contributed by atoms with Crippen molar-refractivity contribution < 1.29 is 14.3 Å². The second kappa shape index (κ2) is 8.58. The van der Waals surface area contributed by atoms with E-state index in [1.165, 1.54) is 0 Å². The molecular weight excluding hydrogens is 282 g/mol. The molecule has 6 heteroatoms. The third-order valence-electron chi connectivity index (χ3n) is 2.95. The zero-order valence-corrected chi connectivity index (χ0v) is 14.1. The summed E-state index contributed by atoms with van der Waals surface area (Å²) in [6.07, 6.45) is 0.493. The highest BCUT2D eigenvalue weighted by Gasteiger charge is 2.16.